The van der Waals surface area contributed by atoms with E-state index in [0.29, 0.717) is 5.92 Å². The largest absolute Gasteiger partial charge is 0.481 e. The van der Waals surface area contributed by atoms with E-state index in [1.807, 2.05) is 18.7 Å². The quantitative estimate of drug-likeness (QED) is 0.907. The second-order valence-corrected chi connectivity index (χ2v) is 6.02. The van der Waals surface area contributed by atoms with Gasteiger partial charge in [-0.3, -0.25) is 14.4 Å². The number of carboxylic acid groups (broad SMARTS) is 1. The lowest BCUT2D eigenvalue weighted by Crippen LogP contribution is -2.35. The van der Waals surface area contributed by atoms with Crippen LogP contribution < -0.4 is 0 Å². The van der Waals surface area contributed by atoms with Gasteiger partial charge in [0.15, 0.2) is 0 Å². The second kappa shape index (κ2) is 6.59. The van der Waals surface area contributed by atoms with Gasteiger partial charge in [-0.15, -0.1) is 0 Å². The minimum atomic E-state index is -0.701. The monoisotopic (exact) mass is 299 g/mol. The van der Waals surface area contributed by atoms with Crippen LogP contribution in [0.1, 0.15) is 37.1 Å². The molecule has 0 radical (unpaired) electrons. The minimum Gasteiger partial charge on any atom is -0.481 e. The fraction of sp³-hybridized carbons (Fsp3) is 0.714. The highest BCUT2D eigenvalue weighted by atomic mass is 35.5. The molecule has 20 heavy (non-hydrogen) atoms. The van der Waals surface area contributed by atoms with E-state index in [0.717, 1.165) is 55.3 Å². The van der Waals surface area contributed by atoms with Gasteiger partial charge in [0, 0.05) is 26.6 Å². The van der Waals surface area contributed by atoms with Gasteiger partial charge in [0.05, 0.1) is 16.4 Å². The zero-order chi connectivity index (χ0) is 14.7. The number of carbonyl (C=O) groups is 1. The molecule has 1 saturated heterocycles. The number of rotatable bonds is 5. The molecule has 1 aromatic heterocycles. The highest BCUT2D eigenvalue weighted by Gasteiger charge is 2.22. The summed E-state index contributed by atoms with van der Waals surface area (Å²) in [6.07, 6.45) is 3.29. The summed E-state index contributed by atoms with van der Waals surface area (Å²) in [5.74, 6) is -0.222. The van der Waals surface area contributed by atoms with Crippen molar-refractivity contribution in [1.29, 1.82) is 0 Å². The van der Waals surface area contributed by atoms with Gasteiger partial charge in [0.1, 0.15) is 0 Å². The smallest absolute Gasteiger partial charge is 0.303 e. The Labute approximate surface area is 124 Å². The van der Waals surface area contributed by atoms with Crippen molar-refractivity contribution in [2.24, 2.45) is 13.0 Å². The van der Waals surface area contributed by atoms with E-state index in [2.05, 4.69) is 10.00 Å². The number of likely N-dealkylation sites (tertiary alicyclic amines) is 1. The molecule has 2 heterocycles. The molecule has 1 atom stereocenters. The van der Waals surface area contributed by atoms with Crippen LogP contribution in [0.4, 0.5) is 0 Å². The van der Waals surface area contributed by atoms with Crippen LogP contribution in [0.15, 0.2) is 0 Å². The predicted octanol–water partition coefficient (Wildman–Crippen LogP) is 2.46. The molecule has 1 fully saturated rings. The highest BCUT2D eigenvalue weighted by molar-refractivity contribution is 6.31. The summed E-state index contributed by atoms with van der Waals surface area (Å²) in [4.78, 5) is 13.0. The lowest BCUT2D eigenvalue weighted by atomic mass is 9.93. The number of halogens is 1. The van der Waals surface area contributed by atoms with Crippen molar-refractivity contribution in [3.8, 4) is 0 Å². The maximum atomic E-state index is 10.7. The second-order valence-electron chi connectivity index (χ2n) is 5.65. The Morgan fingerprint density at radius 3 is 2.90 bits per heavy atom. The summed E-state index contributed by atoms with van der Waals surface area (Å²) in [5, 5.41) is 13.9. The molecule has 6 heteroatoms. The number of carboxylic acids is 1. The molecular formula is C14H22ClN3O2. The zero-order valence-electron chi connectivity index (χ0n) is 12.1. The van der Waals surface area contributed by atoms with E-state index in [1.54, 1.807) is 0 Å². The highest BCUT2D eigenvalue weighted by Crippen LogP contribution is 2.25. The number of aryl methyl sites for hydroxylation is 2. The third-order valence-electron chi connectivity index (χ3n) is 4.00. The van der Waals surface area contributed by atoms with Crippen LogP contribution in [-0.4, -0.2) is 38.8 Å². The number of hydrogen-bond acceptors (Lipinski definition) is 3. The van der Waals surface area contributed by atoms with Crippen LogP contribution in [0.2, 0.25) is 5.02 Å². The first-order valence-electron chi connectivity index (χ1n) is 7.09. The Bertz CT molecular complexity index is 487. The molecule has 0 amide bonds. The topological polar surface area (TPSA) is 58.4 Å². The first-order valence-corrected chi connectivity index (χ1v) is 7.47. The Morgan fingerprint density at radius 2 is 2.30 bits per heavy atom. The molecule has 1 unspecified atom stereocenters. The van der Waals surface area contributed by atoms with E-state index in [4.69, 9.17) is 16.7 Å². The molecule has 1 aliphatic heterocycles. The fourth-order valence-corrected chi connectivity index (χ4v) is 3.14. The van der Waals surface area contributed by atoms with Crippen LogP contribution in [-0.2, 0) is 18.4 Å². The molecule has 0 aromatic carbocycles. The molecule has 112 valence electrons. The molecule has 0 bridgehead atoms. The number of aliphatic carboxylic acids is 1. The molecule has 0 spiro atoms. The van der Waals surface area contributed by atoms with Gasteiger partial charge in [-0.1, -0.05) is 11.6 Å². The fourth-order valence-electron chi connectivity index (χ4n) is 2.92. The molecule has 1 aromatic rings. The average molecular weight is 300 g/mol. The van der Waals surface area contributed by atoms with Crippen LogP contribution >= 0.6 is 11.6 Å². The molecular weight excluding hydrogens is 278 g/mol. The molecule has 2 rings (SSSR count). The number of hydrogen-bond donors (Lipinski definition) is 1. The van der Waals surface area contributed by atoms with Gasteiger partial charge in [-0.2, -0.15) is 5.10 Å². The number of nitrogens with zero attached hydrogens (tertiary/aromatic N) is 3. The molecule has 0 saturated carbocycles. The van der Waals surface area contributed by atoms with Crippen molar-refractivity contribution >= 4 is 17.6 Å². The average Bonchev–Trinajstić information content (AvgIpc) is 2.64. The van der Waals surface area contributed by atoms with Crippen molar-refractivity contribution in [3.05, 3.63) is 16.4 Å². The van der Waals surface area contributed by atoms with E-state index < -0.39 is 5.97 Å². The van der Waals surface area contributed by atoms with E-state index in [9.17, 15) is 4.79 Å². The third-order valence-corrected chi connectivity index (χ3v) is 4.50. The van der Waals surface area contributed by atoms with Crippen molar-refractivity contribution in [2.45, 2.75) is 39.2 Å². The molecule has 5 nitrogen and oxygen atoms in total. The van der Waals surface area contributed by atoms with Gasteiger partial charge in [0.2, 0.25) is 0 Å². The molecule has 1 N–H and O–H groups in total. The van der Waals surface area contributed by atoms with Crippen molar-refractivity contribution in [3.63, 3.8) is 0 Å². The van der Waals surface area contributed by atoms with E-state index in [1.165, 1.54) is 0 Å². The first kappa shape index (κ1) is 15.3. The Morgan fingerprint density at radius 1 is 1.55 bits per heavy atom. The number of piperidine rings is 1. The van der Waals surface area contributed by atoms with E-state index in [-0.39, 0.29) is 6.42 Å². The SMILES string of the molecule is Cc1nn(C)c(CN2CCCC(CCC(=O)O)C2)c1Cl. The normalized spacial score (nSPS) is 20.2. The Balaban J connectivity index is 1.94. The van der Waals surface area contributed by atoms with Gasteiger partial charge in [0.25, 0.3) is 0 Å². The lowest BCUT2D eigenvalue weighted by Gasteiger charge is -2.32. The minimum absolute atomic E-state index is 0.268. The summed E-state index contributed by atoms with van der Waals surface area (Å²) < 4.78 is 1.85. The maximum absolute atomic E-state index is 10.7. The molecule has 1 aliphatic rings. The summed E-state index contributed by atoms with van der Waals surface area (Å²) in [6.45, 7) is 4.70. The Hall–Kier alpha value is -1.07. The summed E-state index contributed by atoms with van der Waals surface area (Å²) in [6, 6.07) is 0. The van der Waals surface area contributed by atoms with Gasteiger partial charge in [-0.25, -0.2) is 0 Å². The van der Waals surface area contributed by atoms with Crippen molar-refractivity contribution in [2.75, 3.05) is 13.1 Å². The van der Waals surface area contributed by atoms with E-state index >= 15 is 0 Å². The van der Waals surface area contributed by atoms with Crippen LogP contribution in [0.3, 0.4) is 0 Å². The van der Waals surface area contributed by atoms with Crippen LogP contribution in [0, 0.1) is 12.8 Å². The lowest BCUT2D eigenvalue weighted by molar-refractivity contribution is -0.137. The summed E-state index contributed by atoms with van der Waals surface area (Å²) >= 11 is 6.28. The van der Waals surface area contributed by atoms with Gasteiger partial charge in [-0.05, 0) is 38.6 Å². The number of aromatic nitrogens is 2. The maximum Gasteiger partial charge on any atom is 0.303 e. The van der Waals surface area contributed by atoms with Gasteiger partial charge < -0.3 is 5.11 Å². The standard InChI is InChI=1S/C14H22ClN3O2/c1-10-14(15)12(17(2)16-10)9-18-7-3-4-11(8-18)5-6-13(19)20/h11H,3-9H2,1-2H3,(H,19,20). The van der Waals surface area contributed by atoms with Crippen LogP contribution in [0.5, 0.6) is 0 Å². The summed E-state index contributed by atoms with van der Waals surface area (Å²) in [5.41, 5.74) is 1.91. The Kier molecular flexibility index (Phi) is 5.05. The predicted molar refractivity (Wildman–Crippen MR) is 77.8 cm³/mol. The van der Waals surface area contributed by atoms with Crippen LogP contribution in [0.25, 0.3) is 0 Å². The molecule has 0 aliphatic carbocycles. The summed E-state index contributed by atoms with van der Waals surface area (Å²) in [7, 11) is 1.92. The van der Waals surface area contributed by atoms with Crippen molar-refractivity contribution in [1.82, 2.24) is 14.7 Å². The van der Waals surface area contributed by atoms with Gasteiger partial charge >= 0.3 is 5.97 Å². The zero-order valence-corrected chi connectivity index (χ0v) is 12.9. The third kappa shape index (κ3) is 3.73. The van der Waals surface area contributed by atoms with Crippen molar-refractivity contribution < 1.29 is 9.90 Å². The first-order chi connectivity index (χ1) is 9.47.